The average molecular weight is 463 g/mol. The molecular formula is C25H26N4O5. The molecule has 9 nitrogen and oxygen atoms in total. The lowest BCUT2D eigenvalue weighted by Crippen LogP contribution is -2.48. The van der Waals surface area contributed by atoms with Crippen LogP contribution in [0.2, 0.25) is 0 Å². The largest absolute Gasteiger partial charge is 0.481 e. The van der Waals surface area contributed by atoms with E-state index in [-0.39, 0.29) is 19.1 Å². The van der Waals surface area contributed by atoms with Gasteiger partial charge in [-0.3, -0.25) is 9.59 Å². The zero-order chi connectivity index (χ0) is 24.1. The first-order chi connectivity index (χ1) is 16.4. The Kier molecular flexibility index (Phi) is 6.91. The molecule has 1 heterocycles. The summed E-state index contributed by atoms with van der Waals surface area (Å²) in [6, 6.07) is 14.6. The minimum absolute atomic E-state index is 0.0699. The molecule has 2 aromatic carbocycles. The Labute approximate surface area is 196 Å². The number of benzene rings is 2. The Morgan fingerprint density at radius 3 is 2.32 bits per heavy atom. The molecule has 0 bridgehead atoms. The van der Waals surface area contributed by atoms with Crippen LogP contribution in [-0.4, -0.2) is 51.8 Å². The van der Waals surface area contributed by atoms with Gasteiger partial charge in [0.05, 0.1) is 6.42 Å². The van der Waals surface area contributed by atoms with Crippen LogP contribution in [0.15, 0.2) is 60.9 Å². The van der Waals surface area contributed by atoms with E-state index in [1.165, 1.54) is 0 Å². The van der Waals surface area contributed by atoms with E-state index in [1.54, 1.807) is 12.4 Å². The third-order valence-corrected chi connectivity index (χ3v) is 5.90. The molecule has 1 unspecified atom stereocenters. The first kappa shape index (κ1) is 23.0. The standard InChI is InChI=1S/C25H26N4O5/c1-29-13-12-26-22(29)10-11-27-24(32)21(14-23(30)31)28-25(33)34-15-20-18-8-4-2-6-16(18)17-7-3-5-9-19(17)20/h2-9,12-13,20-21H,10-11,14-15H2,1H3,(H,27,32)(H,28,33)(H,30,31). The summed E-state index contributed by atoms with van der Waals surface area (Å²) in [6.45, 7) is 0.326. The van der Waals surface area contributed by atoms with Gasteiger partial charge in [-0.25, -0.2) is 9.78 Å². The first-order valence-electron chi connectivity index (χ1n) is 11.0. The number of alkyl carbamates (subject to hydrolysis) is 1. The molecule has 3 N–H and O–H groups in total. The molecule has 0 fully saturated rings. The van der Waals surface area contributed by atoms with Crippen LogP contribution in [0.1, 0.15) is 29.3 Å². The number of imidazole rings is 1. The maximum absolute atomic E-state index is 12.5. The topological polar surface area (TPSA) is 123 Å². The van der Waals surface area contributed by atoms with E-state index in [9.17, 15) is 19.5 Å². The molecule has 1 atom stereocenters. The van der Waals surface area contributed by atoms with Gasteiger partial charge in [0.1, 0.15) is 18.5 Å². The number of nitrogens with one attached hydrogen (secondary N) is 2. The zero-order valence-corrected chi connectivity index (χ0v) is 18.7. The van der Waals surface area contributed by atoms with Crippen LogP contribution in [0.3, 0.4) is 0 Å². The van der Waals surface area contributed by atoms with Crippen molar-refractivity contribution in [2.45, 2.75) is 24.8 Å². The summed E-state index contributed by atoms with van der Waals surface area (Å²) in [4.78, 5) is 40.5. The van der Waals surface area contributed by atoms with Gasteiger partial charge in [-0.1, -0.05) is 48.5 Å². The number of carbonyl (C=O) groups excluding carboxylic acids is 2. The number of aromatic nitrogens is 2. The highest BCUT2D eigenvalue weighted by atomic mass is 16.5. The van der Waals surface area contributed by atoms with Gasteiger partial charge < -0.3 is 25.0 Å². The molecular weight excluding hydrogens is 436 g/mol. The number of carbonyl (C=O) groups is 3. The number of hydrogen-bond donors (Lipinski definition) is 3. The molecule has 3 aromatic rings. The van der Waals surface area contributed by atoms with Crippen molar-refractivity contribution in [2.75, 3.05) is 13.2 Å². The highest BCUT2D eigenvalue weighted by molar-refractivity contribution is 5.89. The lowest BCUT2D eigenvalue weighted by molar-refractivity contribution is -0.139. The molecule has 9 heteroatoms. The Hall–Kier alpha value is -4.14. The van der Waals surface area contributed by atoms with Crippen LogP contribution in [0.25, 0.3) is 11.1 Å². The van der Waals surface area contributed by atoms with Gasteiger partial charge in [0.2, 0.25) is 5.91 Å². The molecule has 2 amide bonds. The van der Waals surface area contributed by atoms with Crippen LogP contribution >= 0.6 is 0 Å². The second-order valence-electron chi connectivity index (χ2n) is 8.12. The fourth-order valence-electron chi connectivity index (χ4n) is 4.22. The maximum atomic E-state index is 12.5. The van der Waals surface area contributed by atoms with E-state index < -0.39 is 30.4 Å². The minimum atomic E-state index is -1.26. The van der Waals surface area contributed by atoms with Gasteiger partial charge in [-0.15, -0.1) is 0 Å². The Morgan fingerprint density at radius 1 is 1.09 bits per heavy atom. The lowest BCUT2D eigenvalue weighted by Gasteiger charge is -2.18. The molecule has 4 rings (SSSR count). The molecule has 0 radical (unpaired) electrons. The van der Waals surface area contributed by atoms with Gasteiger partial charge in [-0.05, 0) is 22.3 Å². The molecule has 34 heavy (non-hydrogen) atoms. The van der Waals surface area contributed by atoms with Crippen molar-refractivity contribution in [1.29, 1.82) is 0 Å². The molecule has 0 saturated carbocycles. The second-order valence-corrected chi connectivity index (χ2v) is 8.12. The number of fused-ring (bicyclic) bond motifs is 3. The monoisotopic (exact) mass is 462 g/mol. The minimum Gasteiger partial charge on any atom is -0.481 e. The molecule has 176 valence electrons. The normalized spacial score (nSPS) is 13.0. The highest BCUT2D eigenvalue weighted by Crippen LogP contribution is 2.44. The van der Waals surface area contributed by atoms with Crippen LogP contribution in [0, 0.1) is 0 Å². The summed E-state index contributed by atoms with van der Waals surface area (Å²) < 4.78 is 7.27. The number of rotatable bonds is 9. The third kappa shape index (κ3) is 5.09. The number of carboxylic acids is 1. The van der Waals surface area contributed by atoms with E-state index in [2.05, 4.69) is 15.6 Å². The highest BCUT2D eigenvalue weighted by Gasteiger charge is 2.30. The van der Waals surface area contributed by atoms with E-state index in [0.717, 1.165) is 28.1 Å². The number of amides is 2. The molecule has 1 aliphatic rings. The van der Waals surface area contributed by atoms with Gasteiger partial charge in [0.25, 0.3) is 0 Å². The number of hydrogen-bond acceptors (Lipinski definition) is 5. The summed E-state index contributed by atoms with van der Waals surface area (Å²) in [7, 11) is 1.84. The first-order valence-corrected chi connectivity index (χ1v) is 11.0. The Bertz CT molecular complexity index is 1160. The number of aliphatic carboxylic acids is 1. The van der Waals surface area contributed by atoms with Crippen molar-refractivity contribution < 1.29 is 24.2 Å². The number of aryl methyl sites for hydroxylation is 1. The predicted molar refractivity (Wildman–Crippen MR) is 124 cm³/mol. The van der Waals surface area contributed by atoms with E-state index in [4.69, 9.17) is 4.74 Å². The number of carboxylic acid groups (broad SMARTS) is 1. The average Bonchev–Trinajstić information content (AvgIpc) is 3.37. The summed E-state index contributed by atoms with van der Waals surface area (Å²) in [5, 5.41) is 14.2. The quantitative estimate of drug-likeness (QED) is 0.449. The van der Waals surface area contributed by atoms with E-state index in [0.29, 0.717) is 6.42 Å². The molecule has 1 aromatic heterocycles. The molecule has 1 aliphatic carbocycles. The Morgan fingerprint density at radius 2 is 1.74 bits per heavy atom. The molecule has 0 aliphatic heterocycles. The van der Waals surface area contributed by atoms with Crippen molar-refractivity contribution >= 4 is 18.0 Å². The van der Waals surface area contributed by atoms with E-state index >= 15 is 0 Å². The number of nitrogens with zero attached hydrogens (tertiary/aromatic N) is 2. The summed E-state index contributed by atoms with van der Waals surface area (Å²) >= 11 is 0. The SMILES string of the molecule is Cn1ccnc1CCNC(=O)C(CC(=O)O)NC(=O)OCC1c2ccccc2-c2ccccc21. The fourth-order valence-corrected chi connectivity index (χ4v) is 4.22. The van der Waals surface area contributed by atoms with Crippen molar-refractivity contribution in [2.24, 2.45) is 7.05 Å². The summed E-state index contributed by atoms with van der Waals surface area (Å²) in [5.41, 5.74) is 4.32. The van der Waals surface area contributed by atoms with Crippen LogP contribution in [0.5, 0.6) is 0 Å². The summed E-state index contributed by atoms with van der Waals surface area (Å²) in [6.07, 6.45) is 2.53. The van der Waals surface area contributed by atoms with Crippen molar-refractivity contribution in [3.05, 3.63) is 77.9 Å². The van der Waals surface area contributed by atoms with Gasteiger partial charge in [-0.2, -0.15) is 0 Å². The van der Waals surface area contributed by atoms with E-state index in [1.807, 2.05) is 60.1 Å². The summed E-state index contributed by atoms with van der Waals surface area (Å²) in [5.74, 6) is -1.16. The van der Waals surface area contributed by atoms with Crippen LogP contribution in [-0.2, 0) is 27.8 Å². The fraction of sp³-hybridized carbons (Fsp3) is 0.280. The predicted octanol–water partition coefficient (Wildman–Crippen LogP) is 2.46. The van der Waals surface area contributed by atoms with Crippen molar-refractivity contribution in [3.63, 3.8) is 0 Å². The third-order valence-electron chi connectivity index (χ3n) is 5.90. The number of ether oxygens (including phenoxy) is 1. The lowest BCUT2D eigenvalue weighted by atomic mass is 9.98. The molecule has 0 spiro atoms. The van der Waals surface area contributed by atoms with Crippen molar-refractivity contribution in [1.82, 2.24) is 20.2 Å². The Balaban J connectivity index is 1.35. The smallest absolute Gasteiger partial charge is 0.407 e. The van der Waals surface area contributed by atoms with Crippen LogP contribution < -0.4 is 10.6 Å². The van der Waals surface area contributed by atoms with Gasteiger partial charge in [0.15, 0.2) is 0 Å². The van der Waals surface area contributed by atoms with Crippen molar-refractivity contribution in [3.8, 4) is 11.1 Å². The molecule has 0 saturated heterocycles. The zero-order valence-electron chi connectivity index (χ0n) is 18.7. The maximum Gasteiger partial charge on any atom is 0.407 e. The van der Waals surface area contributed by atoms with Gasteiger partial charge >= 0.3 is 12.1 Å². The van der Waals surface area contributed by atoms with Crippen LogP contribution in [0.4, 0.5) is 4.79 Å². The second kappa shape index (κ2) is 10.2. The van der Waals surface area contributed by atoms with Gasteiger partial charge in [0, 0.05) is 38.3 Å².